The molecule has 0 aromatic rings. The Labute approximate surface area is 85.0 Å². The zero-order valence-electron chi connectivity index (χ0n) is 9.08. The van der Waals surface area contributed by atoms with Crippen LogP contribution >= 0.6 is 0 Å². The number of methoxy groups -OCH3 is 1. The summed E-state index contributed by atoms with van der Waals surface area (Å²) in [6.07, 6.45) is 2.79. The van der Waals surface area contributed by atoms with E-state index in [-0.39, 0.29) is 18.1 Å². The van der Waals surface area contributed by atoms with E-state index < -0.39 is 0 Å². The predicted octanol–water partition coefficient (Wildman–Crippen LogP) is 0.705. The van der Waals surface area contributed by atoms with E-state index in [2.05, 4.69) is 17.0 Å². The molecule has 0 aliphatic carbocycles. The molecule has 4 nitrogen and oxygen atoms in total. The van der Waals surface area contributed by atoms with Crippen LogP contribution in [0.5, 0.6) is 0 Å². The summed E-state index contributed by atoms with van der Waals surface area (Å²) < 4.78 is 10.2. The number of hydrogen-bond donors (Lipinski definition) is 1. The standard InChI is InChI=1S/C10H19NO3/c1-7-4-5-9(14-7)6-11-8(2)10(12)13-3/h7-9,11H,4-6H2,1-3H3. The van der Waals surface area contributed by atoms with Crippen LogP contribution in [0.4, 0.5) is 0 Å². The maximum atomic E-state index is 11.1. The zero-order valence-corrected chi connectivity index (χ0v) is 9.08. The van der Waals surface area contributed by atoms with Gasteiger partial charge in [0.1, 0.15) is 6.04 Å². The van der Waals surface area contributed by atoms with Gasteiger partial charge in [0, 0.05) is 6.54 Å². The number of esters is 1. The second-order valence-corrected chi connectivity index (χ2v) is 3.80. The molecule has 0 spiro atoms. The Hall–Kier alpha value is -0.610. The lowest BCUT2D eigenvalue weighted by Crippen LogP contribution is -2.39. The summed E-state index contributed by atoms with van der Waals surface area (Å²) in [7, 11) is 1.40. The van der Waals surface area contributed by atoms with Crippen LogP contribution in [-0.2, 0) is 14.3 Å². The maximum Gasteiger partial charge on any atom is 0.322 e. The van der Waals surface area contributed by atoms with Crippen LogP contribution in [0.2, 0.25) is 0 Å². The fourth-order valence-electron chi connectivity index (χ4n) is 1.60. The molecule has 0 aromatic carbocycles. The smallest absolute Gasteiger partial charge is 0.322 e. The number of carbonyl (C=O) groups is 1. The highest BCUT2D eigenvalue weighted by molar-refractivity contribution is 5.75. The third-order valence-electron chi connectivity index (χ3n) is 2.53. The van der Waals surface area contributed by atoms with E-state index in [9.17, 15) is 4.79 Å². The van der Waals surface area contributed by atoms with E-state index >= 15 is 0 Å². The highest BCUT2D eigenvalue weighted by atomic mass is 16.5. The Bertz CT molecular complexity index is 196. The molecule has 1 rings (SSSR count). The van der Waals surface area contributed by atoms with E-state index in [4.69, 9.17) is 4.74 Å². The van der Waals surface area contributed by atoms with E-state index in [0.29, 0.717) is 6.10 Å². The Morgan fingerprint density at radius 2 is 2.36 bits per heavy atom. The molecule has 3 atom stereocenters. The normalized spacial score (nSPS) is 28.8. The molecule has 0 radical (unpaired) electrons. The van der Waals surface area contributed by atoms with Crippen molar-refractivity contribution in [2.24, 2.45) is 0 Å². The Kier molecular flexibility index (Phi) is 4.35. The molecule has 1 heterocycles. The second kappa shape index (κ2) is 5.32. The summed E-state index contributed by atoms with van der Waals surface area (Å²) in [5.74, 6) is -0.226. The molecule has 0 bridgehead atoms. The van der Waals surface area contributed by atoms with Crippen molar-refractivity contribution >= 4 is 5.97 Å². The van der Waals surface area contributed by atoms with Crippen molar-refractivity contribution in [2.75, 3.05) is 13.7 Å². The lowest BCUT2D eigenvalue weighted by atomic mass is 10.2. The maximum absolute atomic E-state index is 11.1. The minimum absolute atomic E-state index is 0.226. The number of rotatable bonds is 4. The molecule has 1 saturated heterocycles. The molecule has 1 fully saturated rings. The monoisotopic (exact) mass is 201 g/mol. The van der Waals surface area contributed by atoms with Gasteiger partial charge in [0.2, 0.25) is 0 Å². The van der Waals surface area contributed by atoms with Gasteiger partial charge in [-0.3, -0.25) is 4.79 Å². The number of nitrogens with one attached hydrogen (secondary N) is 1. The zero-order chi connectivity index (χ0) is 10.6. The fourth-order valence-corrected chi connectivity index (χ4v) is 1.60. The van der Waals surface area contributed by atoms with E-state index in [1.54, 1.807) is 6.92 Å². The second-order valence-electron chi connectivity index (χ2n) is 3.80. The topological polar surface area (TPSA) is 47.6 Å². The number of carbonyl (C=O) groups excluding carboxylic acids is 1. The van der Waals surface area contributed by atoms with Crippen molar-refractivity contribution in [3.8, 4) is 0 Å². The van der Waals surface area contributed by atoms with Crippen molar-refractivity contribution in [1.29, 1.82) is 0 Å². The lowest BCUT2D eigenvalue weighted by Gasteiger charge is -2.15. The number of hydrogen-bond acceptors (Lipinski definition) is 4. The summed E-state index contributed by atoms with van der Waals surface area (Å²) in [6.45, 7) is 4.59. The van der Waals surface area contributed by atoms with Gasteiger partial charge in [-0.05, 0) is 26.7 Å². The van der Waals surface area contributed by atoms with Gasteiger partial charge in [0.25, 0.3) is 0 Å². The van der Waals surface area contributed by atoms with Gasteiger partial charge >= 0.3 is 5.97 Å². The average Bonchev–Trinajstić information content (AvgIpc) is 2.59. The van der Waals surface area contributed by atoms with Gasteiger partial charge in [-0.15, -0.1) is 0 Å². The van der Waals surface area contributed by atoms with E-state index in [1.165, 1.54) is 7.11 Å². The fraction of sp³-hybridized carbons (Fsp3) is 0.900. The molecule has 14 heavy (non-hydrogen) atoms. The van der Waals surface area contributed by atoms with Crippen LogP contribution < -0.4 is 5.32 Å². The SMILES string of the molecule is COC(=O)C(C)NCC1CCC(C)O1. The minimum Gasteiger partial charge on any atom is -0.468 e. The van der Waals surface area contributed by atoms with Crippen LogP contribution in [0.25, 0.3) is 0 Å². The van der Waals surface area contributed by atoms with Gasteiger partial charge in [0.05, 0.1) is 19.3 Å². The Balaban J connectivity index is 2.17. The van der Waals surface area contributed by atoms with Gasteiger partial charge in [-0.2, -0.15) is 0 Å². The highest BCUT2D eigenvalue weighted by Crippen LogP contribution is 2.18. The van der Waals surface area contributed by atoms with Crippen LogP contribution in [-0.4, -0.2) is 37.9 Å². The van der Waals surface area contributed by atoms with Gasteiger partial charge in [-0.25, -0.2) is 0 Å². The highest BCUT2D eigenvalue weighted by Gasteiger charge is 2.23. The Morgan fingerprint density at radius 3 is 2.86 bits per heavy atom. The molecule has 82 valence electrons. The summed E-state index contributed by atoms with van der Waals surface area (Å²) >= 11 is 0. The van der Waals surface area contributed by atoms with Gasteiger partial charge < -0.3 is 14.8 Å². The van der Waals surface area contributed by atoms with Crippen LogP contribution in [0.3, 0.4) is 0 Å². The van der Waals surface area contributed by atoms with Crippen molar-refractivity contribution < 1.29 is 14.3 Å². The summed E-state index contributed by atoms with van der Waals surface area (Å²) in [5.41, 5.74) is 0. The largest absolute Gasteiger partial charge is 0.468 e. The third kappa shape index (κ3) is 3.27. The van der Waals surface area contributed by atoms with Crippen molar-refractivity contribution in [3.63, 3.8) is 0 Å². The number of ether oxygens (including phenoxy) is 2. The summed E-state index contributed by atoms with van der Waals surface area (Å²) in [4.78, 5) is 11.1. The molecule has 0 saturated carbocycles. The first-order valence-corrected chi connectivity index (χ1v) is 5.10. The molecule has 3 unspecified atom stereocenters. The predicted molar refractivity (Wildman–Crippen MR) is 53.0 cm³/mol. The lowest BCUT2D eigenvalue weighted by molar-refractivity contribution is -0.142. The van der Waals surface area contributed by atoms with E-state index in [0.717, 1.165) is 19.4 Å². The molecule has 0 amide bonds. The molecule has 4 heteroatoms. The summed E-state index contributed by atoms with van der Waals surface area (Å²) in [5, 5.41) is 3.10. The quantitative estimate of drug-likeness (QED) is 0.680. The molecule has 1 N–H and O–H groups in total. The van der Waals surface area contributed by atoms with Gasteiger partial charge in [0.15, 0.2) is 0 Å². The first-order valence-electron chi connectivity index (χ1n) is 5.10. The molecule has 1 aliphatic heterocycles. The van der Waals surface area contributed by atoms with E-state index in [1.807, 2.05) is 0 Å². The molecular weight excluding hydrogens is 182 g/mol. The van der Waals surface area contributed by atoms with Crippen molar-refractivity contribution in [2.45, 2.75) is 44.9 Å². The molecular formula is C10H19NO3. The first kappa shape index (κ1) is 11.5. The third-order valence-corrected chi connectivity index (χ3v) is 2.53. The Morgan fingerprint density at radius 1 is 1.64 bits per heavy atom. The molecule has 1 aliphatic rings. The minimum atomic E-state index is -0.250. The first-order chi connectivity index (χ1) is 6.63. The van der Waals surface area contributed by atoms with Crippen molar-refractivity contribution in [3.05, 3.63) is 0 Å². The van der Waals surface area contributed by atoms with Crippen molar-refractivity contribution in [1.82, 2.24) is 5.32 Å². The van der Waals surface area contributed by atoms with Crippen LogP contribution in [0.15, 0.2) is 0 Å². The van der Waals surface area contributed by atoms with Gasteiger partial charge in [-0.1, -0.05) is 0 Å². The average molecular weight is 201 g/mol. The van der Waals surface area contributed by atoms with Crippen LogP contribution in [0, 0.1) is 0 Å². The summed E-state index contributed by atoms with van der Waals surface area (Å²) in [6, 6.07) is -0.250. The van der Waals surface area contributed by atoms with Crippen LogP contribution in [0.1, 0.15) is 26.7 Å². The molecule has 0 aromatic heterocycles.